The molecule has 1 unspecified atom stereocenters. The van der Waals surface area contributed by atoms with E-state index in [9.17, 15) is 0 Å². The molecule has 0 spiro atoms. The fourth-order valence-electron chi connectivity index (χ4n) is 2.51. The van der Waals surface area contributed by atoms with Crippen LogP contribution in [0.15, 0.2) is 16.7 Å². The van der Waals surface area contributed by atoms with Crippen LogP contribution in [0.3, 0.4) is 0 Å². The van der Waals surface area contributed by atoms with Gasteiger partial charge in [0.2, 0.25) is 0 Å². The van der Waals surface area contributed by atoms with Gasteiger partial charge in [-0.2, -0.15) is 0 Å². The first-order chi connectivity index (χ1) is 6.03. The lowest BCUT2D eigenvalue weighted by Crippen LogP contribution is -2.25. The molecule has 0 aromatic carbocycles. The zero-order valence-electron chi connectivity index (χ0n) is 8.55. The second-order valence-electron chi connectivity index (χ2n) is 4.74. The maximum absolute atomic E-state index is 5.86. The smallest absolute Gasteiger partial charge is 0.104 e. The van der Waals surface area contributed by atoms with Crippen molar-refractivity contribution in [2.45, 2.75) is 32.6 Å². The van der Waals surface area contributed by atoms with Gasteiger partial charge in [-0.05, 0) is 24.8 Å². The summed E-state index contributed by atoms with van der Waals surface area (Å²) in [4.78, 5) is 0. The van der Waals surface area contributed by atoms with E-state index in [1.807, 2.05) is 6.92 Å². The first-order valence-electron chi connectivity index (χ1n) is 4.78. The van der Waals surface area contributed by atoms with Crippen LogP contribution in [-0.2, 0) is 5.41 Å². The number of rotatable bonds is 2. The predicted octanol–water partition coefficient (Wildman–Crippen LogP) is 2.21. The molecule has 1 atom stereocenters. The summed E-state index contributed by atoms with van der Waals surface area (Å²) in [6, 6.07) is 2.07. The van der Waals surface area contributed by atoms with E-state index in [4.69, 9.17) is 10.2 Å². The highest BCUT2D eigenvalue weighted by molar-refractivity contribution is 5.38. The molecule has 1 heterocycles. The van der Waals surface area contributed by atoms with E-state index < -0.39 is 0 Å². The van der Waals surface area contributed by atoms with E-state index in [2.05, 4.69) is 19.9 Å². The number of furan rings is 1. The topological polar surface area (TPSA) is 39.2 Å². The van der Waals surface area contributed by atoms with Crippen molar-refractivity contribution in [3.8, 4) is 0 Å². The van der Waals surface area contributed by atoms with Crippen molar-refractivity contribution in [2.24, 2.45) is 11.1 Å². The zero-order chi connectivity index (χ0) is 9.69. The van der Waals surface area contributed by atoms with Crippen molar-refractivity contribution in [2.75, 3.05) is 6.54 Å². The van der Waals surface area contributed by atoms with E-state index in [1.165, 1.54) is 12.0 Å². The second kappa shape index (κ2) is 2.38. The summed E-state index contributed by atoms with van der Waals surface area (Å²) in [7, 11) is 0. The molecule has 0 bridgehead atoms. The minimum atomic E-state index is 0.185. The summed E-state index contributed by atoms with van der Waals surface area (Å²) in [5, 5.41) is 0. The lowest BCUT2D eigenvalue weighted by molar-refractivity contribution is 0.479. The highest BCUT2D eigenvalue weighted by atomic mass is 16.3. The van der Waals surface area contributed by atoms with Crippen molar-refractivity contribution in [1.29, 1.82) is 0 Å². The van der Waals surface area contributed by atoms with Crippen LogP contribution in [0.25, 0.3) is 0 Å². The number of hydrogen-bond donors (Lipinski definition) is 1. The molecule has 72 valence electrons. The minimum absolute atomic E-state index is 0.185. The van der Waals surface area contributed by atoms with E-state index in [0.29, 0.717) is 5.41 Å². The zero-order valence-corrected chi connectivity index (χ0v) is 8.55. The average molecular weight is 179 g/mol. The highest BCUT2D eigenvalue weighted by Crippen LogP contribution is 2.64. The lowest BCUT2D eigenvalue weighted by atomic mass is 9.88. The van der Waals surface area contributed by atoms with Gasteiger partial charge in [0, 0.05) is 17.5 Å². The molecule has 1 aliphatic rings. The first kappa shape index (κ1) is 8.82. The van der Waals surface area contributed by atoms with Gasteiger partial charge in [-0.3, -0.25) is 0 Å². The molecular weight excluding hydrogens is 162 g/mol. The highest BCUT2D eigenvalue weighted by Gasteiger charge is 2.61. The van der Waals surface area contributed by atoms with Crippen LogP contribution in [0.2, 0.25) is 0 Å². The molecule has 1 saturated carbocycles. The molecule has 2 heteroatoms. The Hall–Kier alpha value is -0.760. The number of nitrogens with two attached hydrogens (primary N) is 1. The van der Waals surface area contributed by atoms with E-state index in [0.717, 1.165) is 12.3 Å². The third kappa shape index (κ3) is 0.983. The molecule has 0 saturated heterocycles. The van der Waals surface area contributed by atoms with Crippen LogP contribution < -0.4 is 5.73 Å². The first-order valence-corrected chi connectivity index (χ1v) is 4.78. The van der Waals surface area contributed by atoms with Gasteiger partial charge >= 0.3 is 0 Å². The Morgan fingerprint density at radius 2 is 2.15 bits per heavy atom. The van der Waals surface area contributed by atoms with Crippen molar-refractivity contribution in [3.05, 3.63) is 23.7 Å². The van der Waals surface area contributed by atoms with Gasteiger partial charge in [0.05, 0.1) is 6.26 Å². The Kier molecular flexibility index (Phi) is 1.62. The Balaban J connectivity index is 2.41. The summed E-state index contributed by atoms with van der Waals surface area (Å²) in [5.41, 5.74) is 7.70. The summed E-state index contributed by atoms with van der Waals surface area (Å²) < 4.78 is 5.33. The number of aryl methyl sites for hydroxylation is 1. The van der Waals surface area contributed by atoms with Gasteiger partial charge < -0.3 is 10.2 Å². The molecule has 2 nitrogen and oxygen atoms in total. The largest absolute Gasteiger partial charge is 0.469 e. The van der Waals surface area contributed by atoms with Crippen molar-refractivity contribution in [3.63, 3.8) is 0 Å². The van der Waals surface area contributed by atoms with E-state index >= 15 is 0 Å². The molecule has 1 aromatic heterocycles. The summed E-state index contributed by atoms with van der Waals surface area (Å²) >= 11 is 0. The quantitative estimate of drug-likeness (QED) is 0.756. The van der Waals surface area contributed by atoms with E-state index in [-0.39, 0.29) is 5.41 Å². The Labute approximate surface area is 79.1 Å². The number of hydrogen-bond acceptors (Lipinski definition) is 2. The molecule has 13 heavy (non-hydrogen) atoms. The van der Waals surface area contributed by atoms with Crippen molar-refractivity contribution >= 4 is 0 Å². The lowest BCUT2D eigenvalue weighted by Gasteiger charge is -2.17. The fourth-order valence-corrected chi connectivity index (χ4v) is 2.51. The van der Waals surface area contributed by atoms with Gasteiger partial charge in [0.1, 0.15) is 5.76 Å². The Morgan fingerprint density at radius 1 is 1.54 bits per heavy atom. The predicted molar refractivity (Wildman–Crippen MR) is 52.6 cm³/mol. The second-order valence-corrected chi connectivity index (χ2v) is 4.74. The monoisotopic (exact) mass is 179 g/mol. The summed E-state index contributed by atoms with van der Waals surface area (Å²) in [6.07, 6.45) is 2.94. The molecule has 1 aromatic rings. The molecule has 2 N–H and O–H groups in total. The third-order valence-electron chi connectivity index (χ3n) is 3.64. The molecule has 0 amide bonds. The van der Waals surface area contributed by atoms with Crippen molar-refractivity contribution < 1.29 is 4.42 Å². The molecular formula is C11H17NO. The van der Waals surface area contributed by atoms with Crippen LogP contribution in [0.4, 0.5) is 0 Å². The maximum Gasteiger partial charge on any atom is 0.104 e. The molecule has 1 aliphatic carbocycles. The Bertz CT molecular complexity index is 327. The average Bonchev–Trinajstić information content (AvgIpc) is 2.43. The summed E-state index contributed by atoms with van der Waals surface area (Å²) in [6.45, 7) is 7.28. The maximum atomic E-state index is 5.86. The third-order valence-corrected chi connectivity index (χ3v) is 3.64. The Morgan fingerprint density at radius 3 is 2.46 bits per heavy atom. The van der Waals surface area contributed by atoms with Gasteiger partial charge in [0.25, 0.3) is 0 Å². The van der Waals surface area contributed by atoms with Crippen LogP contribution in [0.5, 0.6) is 0 Å². The minimum Gasteiger partial charge on any atom is -0.469 e. The van der Waals surface area contributed by atoms with Crippen LogP contribution in [0.1, 0.15) is 31.6 Å². The van der Waals surface area contributed by atoms with Crippen LogP contribution in [-0.4, -0.2) is 6.54 Å². The molecule has 0 radical (unpaired) electrons. The fraction of sp³-hybridized carbons (Fsp3) is 0.636. The van der Waals surface area contributed by atoms with E-state index in [1.54, 1.807) is 6.26 Å². The SMILES string of the molecule is Cc1occc1C1(CN)CC1(C)C. The van der Waals surface area contributed by atoms with Crippen LogP contribution in [0, 0.1) is 12.3 Å². The van der Waals surface area contributed by atoms with Gasteiger partial charge in [-0.1, -0.05) is 13.8 Å². The van der Waals surface area contributed by atoms with Gasteiger partial charge in [-0.15, -0.1) is 0 Å². The molecule has 1 fully saturated rings. The summed E-state index contributed by atoms with van der Waals surface area (Å²) in [5.74, 6) is 1.02. The van der Waals surface area contributed by atoms with Gasteiger partial charge in [-0.25, -0.2) is 0 Å². The normalized spacial score (nSPS) is 30.5. The van der Waals surface area contributed by atoms with Crippen LogP contribution >= 0.6 is 0 Å². The van der Waals surface area contributed by atoms with Crippen molar-refractivity contribution in [1.82, 2.24) is 0 Å². The standard InChI is InChI=1S/C11H17NO/c1-8-9(4-5-13-8)11(7-12)6-10(11,2)3/h4-5H,6-7,12H2,1-3H3. The molecule has 0 aliphatic heterocycles. The molecule has 2 rings (SSSR count). The van der Waals surface area contributed by atoms with Gasteiger partial charge in [0.15, 0.2) is 0 Å².